The molecule has 0 bridgehead atoms. The maximum absolute atomic E-state index is 13.4. The van der Waals surface area contributed by atoms with Gasteiger partial charge in [-0.3, -0.25) is 0 Å². The van der Waals surface area contributed by atoms with Gasteiger partial charge in [0.25, 0.3) is 0 Å². The number of hydrogen-bond acceptors (Lipinski definition) is 0. The molecule has 1 aromatic rings. The summed E-state index contributed by atoms with van der Waals surface area (Å²) in [6.45, 7) is 0. The number of alkyl halides is 2. The molecule has 4 heteroatoms. The lowest BCUT2D eigenvalue weighted by Gasteiger charge is -2.04. The molecular weight excluding hydrogens is 355 g/mol. The van der Waals surface area contributed by atoms with Gasteiger partial charge in [0.05, 0.1) is 0 Å². The fourth-order valence-corrected chi connectivity index (χ4v) is 2.27. The zero-order chi connectivity index (χ0) is 9.14. The van der Waals surface area contributed by atoms with E-state index in [-0.39, 0.29) is 5.82 Å². The Morgan fingerprint density at radius 1 is 1.08 bits per heavy atom. The van der Waals surface area contributed by atoms with Crippen LogP contribution in [0, 0.1) is 5.82 Å². The van der Waals surface area contributed by atoms with Gasteiger partial charge >= 0.3 is 0 Å². The molecule has 0 saturated heterocycles. The molecule has 0 aromatic heterocycles. The molecule has 0 heterocycles. The Labute approximate surface area is 95.9 Å². The zero-order valence-corrected chi connectivity index (χ0v) is 10.8. The first kappa shape index (κ1) is 10.7. The molecule has 0 nitrogen and oxygen atoms in total. The van der Waals surface area contributed by atoms with Crippen LogP contribution in [0.2, 0.25) is 0 Å². The molecule has 1 rings (SSSR count). The minimum Gasteiger partial charge on any atom is -0.206 e. The van der Waals surface area contributed by atoms with E-state index in [1.807, 2.05) is 0 Å². The molecule has 0 aliphatic heterocycles. The Morgan fingerprint density at radius 3 is 1.83 bits per heavy atom. The van der Waals surface area contributed by atoms with Gasteiger partial charge in [0, 0.05) is 15.1 Å². The number of hydrogen-bond donors (Lipinski definition) is 0. The second kappa shape index (κ2) is 4.72. The topological polar surface area (TPSA) is 0 Å². The molecule has 0 aliphatic carbocycles. The van der Waals surface area contributed by atoms with Crippen LogP contribution in [0.5, 0.6) is 0 Å². The van der Waals surface area contributed by atoms with E-state index in [0.29, 0.717) is 21.8 Å². The second-order valence-electron chi connectivity index (χ2n) is 2.31. The molecular formula is C8H6Br3F. The van der Waals surface area contributed by atoms with E-state index in [0.717, 1.165) is 4.47 Å². The van der Waals surface area contributed by atoms with E-state index in [1.165, 1.54) is 0 Å². The molecule has 12 heavy (non-hydrogen) atoms. The van der Waals surface area contributed by atoms with Crippen LogP contribution in [-0.4, -0.2) is 0 Å². The van der Waals surface area contributed by atoms with E-state index >= 15 is 0 Å². The Balaban J connectivity index is 3.22. The standard InChI is InChI=1S/C8H6Br3F/c9-3-5-1-7(11)2-6(4-10)8(5)12/h1-2H,3-4H2. The van der Waals surface area contributed by atoms with Crippen LogP contribution in [0.25, 0.3) is 0 Å². The van der Waals surface area contributed by atoms with Crippen LogP contribution in [0.1, 0.15) is 11.1 Å². The van der Waals surface area contributed by atoms with Gasteiger partial charge in [-0.05, 0) is 23.3 Å². The van der Waals surface area contributed by atoms with Gasteiger partial charge in [0.1, 0.15) is 5.82 Å². The summed E-state index contributed by atoms with van der Waals surface area (Å²) in [5.74, 6) is -0.132. The predicted octanol–water partition coefficient (Wildman–Crippen LogP) is 4.38. The van der Waals surface area contributed by atoms with Gasteiger partial charge < -0.3 is 0 Å². The highest BCUT2D eigenvalue weighted by atomic mass is 79.9. The van der Waals surface area contributed by atoms with Crippen molar-refractivity contribution >= 4 is 47.8 Å². The van der Waals surface area contributed by atoms with Gasteiger partial charge in [-0.25, -0.2) is 4.39 Å². The van der Waals surface area contributed by atoms with E-state index in [9.17, 15) is 4.39 Å². The summed E-state index contributed by atoms with van der Waals surface area (Å²) < 4.78 is 14.3. The normalized spacial score (nSPS) is 10.3. The third kappa shape index (κ3) is 2.30. The summed E-state index contributed by atoms with van der Waals surface area (Å²) in [5, 5.41) is 1.08. The highest BCUT2D eigenvalue weighted by Crippen LogP contribution is 2.23. The zero-order valence-electron chi connectivity index (χ0n) is 6.08. The molecule has 0 unspecified atom stereocenters. The van der Waals surface area contributed by atoms with Gasteiger partial charge in [-0.2, -0.15) is 0 Å². The van der Waals surface area contributed by atoms with Gasteiger partial charge in [0.2, 0.25) is 0 Å². The molecule has 0 N–H and O–H groups in total. The fraction of sp³-hybridized carbons (Fsp3) is 0.250. The van der Waals surface area contributed by atoms with Crippen LogP contribution in [-0.2, 0) is 10.7 Å². The first-order valence-electron chi connectivity index (χ1n) is 3.27. The van der Waals surface area contributed by atoms with Gasteiger partial charge in [-0.1, -0.05) is 47.8 Å². The smallest absolute Gasteiger partial charge is 0.131 e. The van der Waals surface area contributed by atoms with Crippen molar-refractivity contribution in [2.75, 3.05) is 0 Å². The lowest BCUT2D eigenvalue weighted by Crippen LogP contribution is -1.92. The first-order valence-corrected chi connectivity index (χ1v) is 6.31. The van der Waals surface area contributed by atoms with E-state index in [2.05, 4.69) is 47.8 Å². The van der Waals surface area contributed by atoms with Crippen LogP contribution in [0.4, 0.5) is 4.39 Å². The predicted molar refractivity (Wildman–Crippen MR) is 59.4 cm³/mol. The van der Waals surface area contributed by atoms with Crippen molar-refractivity contribution in [2.45, 2.75) is 10.7 Å². The Kier molecular flexibility index (Phi) is 4.20. The highest BCUT2D eigenvalue weighted by molar-refractivity contribution is 9.10. The largest absolute Gasteiger partial charge is 0.206 e. The molecule has 66 valence electrons. The summed E-state index contributed by atoms with van der Waals surface area (Å²) in [6.07, 6.45) is 0. The summed E-state index contributed by atoms with van der Waals surface area (Å²) >= 11 is 9.78. The fourth-order valence-electron chi connectivity index (χ4n) is 0.902. The maximum atomic E-state index is 13.4. The molecule has 1 aromatic carbocycles. The van der Waals surface area contributed by atoms with Crippen molar-refractivity contribution in [2.24, 2.45) is 0 Å². The molecule has 0 amide bonds. The van der Waals surface area contributed by atoms with E-state index in [4.69, 9.17) is 0 Å². The molecule has 0 aliphatic rings. The molecule has 0 atom stereocenters. The second-order valence-corrected chi connectivity index (χ2v) is 4.34. The lowest BCUT2D eigenvalue weighted by atomic mass is 10.1. The van der Waals surface area contributed by atoms with E-state index in [1.54, 1.807) is 12.1 Å². The van der Waals surface area contributed by atoms with Crippen LogP contribution in [0.3, 0.4) is 0 Å². The maximum Gasteiger partial charge on any atom is 0.131 e. The minimum atomic E-state index is -0.132. The monoisotopic (exact) mass is 358 g/mol. The van der Waals surface area contributed by atoms with Crippen molar-refractivity contribution in [1.29, 1.82) is 0 Å². The lowest BCUT2D eigenvalue weighted by molar-refractivity contribution is 0.607. The molecule has 0 fully saturated rings. The van der Waals surface area contributed by atoms with Crippen molar-refractivity contribution in [3.05, 3.63) is 33.5 Å². The number of rotatable bonds is 2. The third-order valence-corrected chi connectivity index (χ3v) is 3.14. The van der Waals surface area contributed by atoms with Crippen molar-refractivity contribution in [3.8, 4) is 0 Å². The summed E-state index contributed by atoms with van der Waals surface area (Å²) in [4.78, 5) is 0. The SMILES string of the molecule is Fc1c(CBr)cc(Br)cc1CBr. The van der Waals surface area contributed by atoms with Gasteiger partial charge in [-0.15, -0.1) is 0 Å². The van der Waals surface area contributed by atoms with Crippen molar-refractivity contribution in [3.63, 3.8) is 0 Å². The average molecular weight is 361 g/mol. The Hall–Kier alpha value is 0.590. The Morgan fingerprint density at radius 2 is 1.50 bits per heavy atom. The summed E-state index contributed by atoms with van der Waals surface area (Å²) in [6, 6.07) is 3.55. The van der Waals surface area contributed by atoms with Crippen molar-refractivity contribution in [1.82, 2.24) is 0 Å². The number of halogens is 4. The van der Waals surface area contributed by atoms with Crippen LogP contribution in [0.15, 0.2) is 16.6 Å². The van der Waals surface area contributed by atoms with E-state index < -0.39 is 0 Å². The summed E-state index contributed by atoms with van der Waals surface area (Å²) in [7, 11) is 0. The average Bonchev–Trinajstić information content (AvgIpc) is 2.08. The van der Waals surface area contributed by atoms with Crippen LogP contribution < -0.4 is 0 Å². The van der Waals surface area contributed by atoms with Gasteiger partial charge in [0.15, 0.2) is 0 Å². The third-order valence-electron chi connectivity index (χ3n) is 1.48. The quantitative estimate of drug-likeness (QED) is 0.687. The van der Waals surface area contributed by atoms with Crippen LogP contribution >= 0.6 is 47.8 Å². The Bertz CT molecular complexity index is 261. The molecule has 0 saturated carbocycles. The molecule has 0 spiro atoms. The highest BCUT2D eigenvalue weighted by Gasteiger charge is 2.07. The molecule has 0 radical (unpaired) electrons. The first-order chi connectivity index (χ1) is 5.69. The van der Waals surface area contributed by atoms with Crippen molar-refractivity contribution < 1.29 is 4.39 Å². The minimum absolute atomic E-state index is 0.132. The number of benzene rings is 1. The summed E-state index contributed by atoms with van der Waals surface area (Å²) in [5.41, 5.74) is 1.36.